The zero-order valence-electron chi connectivity index (χ0n) is 24.3. The molecule has 2 N–H and O–H groups in total. The van der Waals surface area contributed by atoms with Crippen LogP contribution in [-0.2, 0) is 4.74 Å². The highest BCUT2D eigenvalue weighted by Crippen LogP contribution is 2.38. The fraction of sp³-hybridized carbons (Fsp3) is 0.533. The summed E-state index contributed by atoms with van der Waals surface area (Å²) in [6.45, 7) is 5.39. The summed E-state index contributed by atoms with van der Waals surface area (Å²) >= 11 is 0.733. The van der Waals surface area contributed by atoms with Crippen molar-refractivity contribution in [2.45, 2.75) is 95.9 Å². The van der Waals surface area contributed by atoms with Gasteiger partial charge in [0.2, 0.25) is 5.95 Å². The Morgan fingerprint density at radius 1 is 1.10 bits per heavy atom. The highest BCUT2D eigenvalue weighted by Gasteiger charge is 2.36. The van der Waals surface area contributed by atoms with E-state index in [9.17, 15) is 23.2 Å². The molecule has 2 heterocycles. The third-order valence-corrected chi connectivity index (χ3v) is 8.96. The number of hydrogen-bond acceptors (Lipinski definition) is 6. The van der Waals surface area contributed by atoms with E-state index in [1.54, 1.807) is 32.9 Å². The third-order valence-electron chi connectivity index (χ3n) is 7.87. The number of alkyl carbamates (subject to hydrolysis) is 1. The molecule has 1 aromatic carbocycles. The number of carbonyl (C=O) groups excluding carboxylic acids is 3. The highest BCUT2D eigenvalue weighted by atomic mass is 32.1. The number of halogens is 2. The van der Waals surface area contributed by atoms with Crippen molar-refractivity contribution in [3.63, 3.8) is 0 Å². The standard InChI is InChI=1S/C30H37F2N5O4S/c1-30(2,3)41-29(40)33-18-15-20(16-18)37-22-11-10-17(27(39)36(4)19-8-6-5-7-9-19)14-21(22)34-28(37)35-26(38)24-13-12-23(42-24)25(31)32/h10-14,18-20,25H,5-9,15-16H2,1-4H3,(H,33,40)(H,34,35,38)/t18-,20+. The predicted octanol–water partition coefficient (Wildman–Crippen LogP) is 6.92. The van der Waals surface area contributed by atoms with E-state index in [4.69, 9.17) is 4.74 Å². The number of rotatable bonds is 7. The molecule has 42 heavy (non-hydrogen) atoms. The van der Waals surface area contributed by atoms with Crippen LogP contribution in [0.15, 0.2) is 30.3 Å². The summed E-state index contributed by atoms with van der Waals surface area (Å²) in [5, 5.41) is 5.68. The van der Waals surface area contributed by atoms with E-state index < -0.39 is 24.0 Å². The number of amides is 3. The Kier molecular flexibility index (Phi) is 8.54. The van der Waals surface area contributed by atoms with E-state index in [-0.39, 0.29) is 39.7 Å². The topological polar surface area (TPSA) is 106 Å². The molecule has 2 aromatic heterocycles. The Bertz CT molecular complexity index is 1470. The molecular weight excluding hydrogens is 564 g/mol. The number of aromatic nitrogens is 2. The molecule has 3 aromatic rings. The third kappa shape index (κ3) is 6.58. The normalized spacial score (nSPS) is 19.4. The lowest BCUT2D eigenvalue weighted by atomic mass is 9.86. The van der Waals surface area contributed by atoms with Crippen LogP contribution >= 0.6 is 11.3 Å². The second-order valence-corrected chi connectivity index (χ2v) is 13.3. The molecule has 2 fully saturated rings. The van der Waals surface area contributed by atoms with Crippen molar-refractivity contribution in [2.24, 2.45) is 0 Å². The molecule has 0 saturated heterocycles. The number of fused-ring (bicyclic) bond motifs is 1. The molecule has 0 unspecified atom stereocenters. The Hall–Kier alpha value is -3.54. The molecule has 0 bridgehead atoms. The number of benzene rings is 1. The van der Waals surface area contributed by atoms with E-state index in [2.05, 4.69) is 15.6 Å². The quantitative estimate of drug-likeness (QED) is 0.306. The van der Waals surface area contributed by atoms with Crippen LogP contribution in [0.1, 0.15) is 103 Å². The van der Waals surface area contributed by atoms with Crippen LogP contribution in [0.4, 0.5) is 19.5 Å². The van der Waals surface area contributed by atoms with Crippen LogP contribution in [0.3, 0.4) is 0 Å². The lowest BCUT2D eigenvalue weighted by molar-refractivity contribution is 0.0458. The molecule has 9 nitrogen and oxygen atoms in total. The van der Waals surface area contributed by atoms with E-state index in [0.717, 1.165) is 42.5 Å². The molecule has 226 valence electrons. The van der Waals surface area contributed by atoms with E-state index in [1.807, 2.05) is 22.6 Å². The second-order valence-electron chi connectivity index (χ2n) is 12.1. The molecule has 2 aliphatic rings. The lowest BCUT2D eigenvalue weighted by Gasteiger charge is -2.37. The fourth-order valence-corrected chi connectivity index (χ4v) is 6.43. The first kappa shape index (κ1) is 29.9. The molecule has 12 heteroatoms. The maximum absolute atomic E-state index is 13.4. The average Bonchev–Trinajstić information content (AvgIpc) is 3.54. The Morgan fingerprint density at radius 3 is 2.45 bits per heavy atom. The number of hydrogen-bond donors (Lipinski definition) is 2. The number of imidazole rings is 1. The predicted molar refractivity (Wildman–Crippen MR) is 157 cm³/mol. The largest absolute Gasteiger partial charge is 0.444 e. The maximum atomic E-state index is 13.4. The van der Waals surface area contributed by atoms with Crippen molar-refractivity contribution in [3.05, 3.63) is 45.6 Å². The first-order valence-electron chi connectivity index (χ1n) is 14.4. The molecule has 0 spiro atoms. The van der Waals surface area contributed by atoms with Crippen molar-refractivity contribution in [3.8, 4) is 0 Å². The number of alkyl halides is 2. The second kappa shape index (κ2) is 12.0. The van der Waals surface area contributed by atoms with Crippen LogP contribution in [0, 0.1) is 0 Å². The summed E-state index contributed by atoms with van der Waals surface area (Å²) in [4.78, 5) is 45.1. The number of carbonyl (C=O) groups is 3. The molecule has 3 amide bonds. The summed E-state index contributed by atoms with van der Waals surface area (Å²) in [5.74, 6) is -0.361. The van der Waals surface area contributed by atoms with Crippen molar-refractivity contribution >= 4 is 46.2 Å². The van der Waals surface area contributed by atoms with Crippen LogP contribution in [-0.4, -0.2) is 57.1 Å². The number of thiophene rings is 1. The van der Waals surface area contributed by atoms with Gasteiger partial charge in [0.05, 0.1) is 20.8 Å². The zero-order valence-corrected chi connectivity index (χ0v) is 25.1. The van der Waals surface area contributed by atoms with Crippen LogP contribution in [0.25, 0.3) is 11.0 Å². The van der Waals surface area contributed by atoms with Gasteiger partial charge in [-0.05, 0) is 76.8 Å². The van der Waals surface area contributed by atoms with Gasteiger partial charge in [-0.3, -0.25) is 14.9 Å². The van der Waals surface area contributed by atoms with Crippen molar-refractivity contribution in [1.29, 1.82) is 0 Å². The molecule has 2 aliphatic carbocycles. The van der Waals surface area contributed by atoms with Gasteiger partial charge < -0.3 is 19.5 Å². The van der Waals surface area contributed by atoms with Gasteiger partial charge in [0.1, 0.15) is 5.60 Å². The van der Waals surface area contributed by atoms with E-state index in [0.29, 0.717) is 23.9 Å². The molecule has 0 aliphatic heterocycles. The smallest absolute Gasteiger partial charge is 0.407 e. The van der Waals surface area contributed by atoms with Gasteiger partial charge in [0.25, 0.3) is 18.2 Å². The summed E-state index contributed by atoms with van der Waals surface area (Å²) in [6.07, 6.45) is 3.41. The molecule has 5 rings (SSSR count). The molecule has 0 radical (unpaired) electrons. The summed E-state index contributed by atoms with van der Waals surface area (Å²) in [5.41, 5.74) is 1.16. The van der Waals surface area contributed by atoms with Gasteiger partial charge in [0, 0.05) is 30.7 Å². The van der Waals surface area contributed by atoms with Crippen LogP contribution in [0.2, 0.25) is 0 Å². The van der Waals surface area contributed by atoms with Gasteiger partial charge in [-0.2, -0.15) is 0 Å². The van der Waals surface area contributed by atoms with Gasteiger partial charge in [-0.25, -0.2) is 18.6 Å². The number of ether oxygens (including phenoxy) is 1. The molecule has 2 saturated carbocycles. The Balaban J connectivity index is 1.40. The van der Waals surface area contributed by atoms with Crippen molar-refractivity contribution in [2.75, 3.05) is 12.4 Å². The first-order chi connectivity index (χ1) is 19.9. The number of nitrogens with zero attached hydrogens (tertiary/aromatic N) is 3. The van der Waals surface area contributed by atoms with E-state index in [1.165, 1.54) is 18.6 Å². The lowest BCUT2D eigenvalue weighted by Crippen LogP contribution is -2.46. The summed E-state index contributed by atoms with van der Waals surface area (Å²) < 4.78 is 33.5. The molecule has 0 atom stereocenters. The highest BCUT2D eigenvalue weighted by molar-refractivity contribution is 7.14. The van der Waals surface area contributed by atoms with Gasteiger partial charge >= 0.3 is 6.09 Å². The monoisotopic (exact) mass is 601 g/mol. The minimum atomic E-state index is -2.66. The van der Waals surface area contributed by atoms with Crippen molar-refractivity contribution in [1.82, 2.24) is 19.8 Å². The van der Waals surface area contributed by atoms with Crippen molar-refractivity contribution < 1.29 is 27.9 Å². The van der Waals surface area contributed by atoms with Crippen LogP contribution in [0.5, 0.6) is 0 Å². The minimum absolute atomic E-state index is 0.0766. The Labute approximate surface area is 247 Å². The summed E-state index contributed by atoms with van der Waals surface area (Å²) in [7, 11) is 1.84. The maximum Gasteiger partial charge on any atom is 0.407 e. The SMILES string of the molecule is CN(C(=O)c1ccc2c(c1)nc(NC(=O)c1ccc(C(F)F)s1)n2[C@H]1C[C@@H](NC(=O)OC(C)(C)C)C1)C1CCCCC1. The van der Waals surface area contributed by atoms with Gasteiger partial charge in [-0.1, -0.05) is 19.3 Å². The van der Waals surface area contributed by atoms with E-state index >= 15 is 0 Å². The fourth-order valence-electron chi connectivity index (χ4n) is 5.67. The average molecular weight is 602 g/mol. The first-order valence-corrected chi connectivity index (χ1v) is 15.2. The minimum Gasteiger partial charge on any atom is -0.444 e. The summed E-state index contributed by atoms with van der Waals surface area (Å²) in [6, 6.07) is 7.94. The van der Waals surface area contributed by atoms with Gasteiger partial charge in [-0.15, -0.1) is 11.3 Å². The van der Waals surface area contributed by atoms with Crippen LogP contribution < -0.4 is 10.6 Å². The zero-order chi connectivity index (χ0) is 30.2. The number of nitrogens with one attached hydrogen (secondary N) is 2. The van der Waals surface area contributed by atoms with Gasteiger partial charge in [0.15, 0.2) is 0 Å². The molecular formula is C30H37F2N5O4S. The number of anilines is 1. The Morgan fingerprint density at radius 2 is 1.81 bits per heavy atom.